The highest BCUT2D eigenvalue weighted by Crippen LogP contribution is 2.32. The Bertz CT molecular complexity index is 375. The largest absolute Gasteiger partial charge is 0.394 e. The lowest BCUT2D eigenvalue weighted by atomic mass is 9.99. The van der Waals surface area contributed by atoms with Gasteiger partial charge in [-0.1, -0.05) is 0 Å². The minimum Gasteiger partial charge on any atom is -0.394 e. The van der Waals surface area contributed by atoms with E-state index in [9.17, 15) is 30.6 Å². The lowest BCUT2D eigenvalue weighted by Gasteiger charge is -2.41. The Labute approximate surface area is 124 Å². The van der Waals surface area contributed by atoms with Crippen molar-refractivity contribution >= 4 is 0 Å². The van der Waals surface area contributed by atoms with E-state index in [0.717, 1.165) is 0 Å². The molecule has 0 spiro atoms. The number of hydrogen-bond donors (Lipinski definition) is 8. The molecule has 11 heteroatoms. The fourth-order valence-electron chi connectivity index (χ4n) is 2.41. The average molecular weight is 328 g/mol. The van der Waals surface area contributed by atoms with Crippen LogP contribution in [0.4, 0.5) is 0 Å². The molecule has 0 aromatic heterocycles. The van der Waals surface area contributed by atoms with Gasteiger partial charge in [0.2, 0.25) is 0 Å². The maximum Gasteiger partial charge on any atom is 0.308 e. The van der Waals surface area contributed by atoms with Crippen LogP contribution in [0.25, 0.3) is 0 Å². The third-order valence-corrected chi connectivity index (χ3v) is 3.71. The van der Waals surface area contributed by atoms with Gasteiger partial charge in [-0.05, 0) is 0 Å². The van der Waals surface area contributed by atoms with Gasteiger partial charge in [0.25, 0.3) is 0 Å². The Kier molecular flexibility index (Phi) is 5.36. The minimum atomic E-state index is -2.97. The van der Waals surface area contributed by atoms with Crippen LogP contribution < -0.4 is 0 Å². The van der Waals surface area contributed by atoms with Gasteiger partial charge >= 0.3 is 5.97 Å². The molecule has 0 aromatic carbocycles. The van der Waals surface area contributed by atoms with Gasteiger partial charge in [-0.25, -0.2) is 0 Å². The second-order valence-electron chi connectivity index (χ2n) is 5.24. The molecule has 0 amide bonds. The van der Waals surface area contributed by atoms with Gasteiger partial charge < -0.3 is 55.1 Å². The van der Waals surface area contributed by atoms with Gasteiger partial charge in [0.1, 0.15) is 36.6 Å². The zero-order chi connectivity index (χ0) is 16.7. The number of ether oxygens (including phenoxy) is 3. The molecule has 0 radical (unpaired) electrons. The Morgan fingerprint density at radius 2 is 1.45 bits per heavy atom. The summed E-state index contributed by atoms with van der Waals surface area (Å²) < 4.78 is 14.8. The predicted molar refractivity (Wildman–Crippen MR) is 63.8 cm³/mol. The quantitative estimate of drug-likeness (QED) is 0.230. The first-order valence-electron chi connectivity index (χ1n) is 6.60. The van der Waals surface area contributed by atoms with Crippen molar-refractivity contribution in [1.29, 1.82) is 0 Å². The molecule has 2 aliphatic rings. The molecular weight excluding hydrogens is 308 g/mol. The van der Waals surface area contributed by atoms with E-state index in [0.29, 0.717) is 0 Å². The maximum atomic E-state index is 9.81. The van der Waals surface area contributed by atoms with Crippen LogP contribution in [0.1, 0.15) is 0 Å². The molecule has 0 saturated carbocycles. The van der Waals surface area contributed by atoms with Gasteiger partial charge in [0, 0.05) is 0 Å². The van der Waals surface area contributed by atoms with E-state index in [2.05, 4.69) is 4.74 Å². The lowest BCUT2D eigenvalue weighted by molar-refractivity contribution is -0.357. The van der Waals surface area contributed by atoms with E-state index in [4.69, 9.17) is 19.7 Å². The normalized spacial score (nSPS) is 48.5. The van der Waals surface area contributed by atoms with Crippen molar-refractivity contribution < 1.29 is 55.1 Å². The highest BCUT2D eigenvalue weighted by atomic mass is 16.8. The van der Waals surface area contributed by atoms with Crippen LogP contribution >= 0.6 is 0 Å². The SMILES string of the molecule is OCC1O[C@@H](OC2C(O)C(O)(O)O[C@@H]2CO)C(O)C(O)[C@@H]1O. The lowest BCUT2D eigenvalue weighted by Crippen LogP contribution is -2.60. The molecule has 2 saturated heterocycles. The first-order chi connectivity index (χ1) is 10.2. The summed E-state index contributed by atoms with van der Waals surface area (Å²) in [6, 6.07) is 0. The Hall–Kier alpha value is -0.440. The molecule has 22 heavy (non-hydrogen) atoms. The van der Waals surface area contributed by atoms with Gasteiger partial charge in [-0.15, -0.1) is 0 Å². The van der Waals surface area contributed by atoms with Crippen LogP contribution in [-0.2, 0) is 14.2 Å². The molecule has 11 nitrogen and oxygen atoms in total. The van der Waals surface area contributed by atoms with E-state index >= 15 is 0 Å². The highest BCUT2D eigenvalue weighted by molar-refractivity contribution is 4.94. The Morgan fingerprint density at radius 1 is 0.864 bits per heavy atom. The van der Waals surface area contributed by atoms with Gasteiger partial charge in [0.05, 0.1) is 13.2 Å². The highest BCUT2D eigenvalue weighted by Gasteiger charge is 2.56. The minimum absolute atomic E-state index is 0.679. The first-order valence-corrected chi connectivity index (χ1v) is 6.60. The van der Waals surface area contributed by atoms with Crippen LogP contribution in [0.5, 0.6) is 0 Å². The number of aliphatic hydroxyl groups is 8. The molecule has 2 rings (SSSR count). The van der Waals surface area contributed by atoms with Crippen LogP contribution in [0.2, 0.25) is 0 Å². The smallest absolute Gasteiger partial charge is 0.308 e. The van der Waals surface area contributed by atoms with Gasteiger partial charge in [0.15, 0.2) is 12.4 Å². The van der Waals surface area contributed by atoms with Crippen LogP contribution in [-0.4, -0.2) is 109 Å². The zero-order valence-corrected chi connectivity index (χ0v) is 11.3. The van der Waals surface area contributed by atoms with Crippen LogP contribution in [0, 0.1) is 0 Å². The van der Waals surface area contributed by atoms with Crippen molar-refractivity contribution in [2.75, 3.05) is 13.2 Å². The fourth-order valence-corrected chi connectivity index (χ4v) is 2.41. The summed E-state index contributed by atoms with van der Waals surface area (Å²) in [5.74, 6) is -2.97. The maximum absolute atomic E-state index is 9.81. The number of rotatable bonds is 4. The van der Waals surface area contributed by atoms with Crippen molar-refractivity contribution in [3.05, 3.63) is 0 Å². The molecule has 2 fully saturated rings. The summed E-state index contributed by atoms with van der Waals surface area (Å²) in [6.45, 7) is -1.41. The van der Waals surface area contributed by atoms with E-state index in [1.54, 1.807) is 0 Å². The first kappa shape index (κ1) is 17.9. The molecule has 0 aromatic rings. The molecule has 8 atom stereocenters. The molecule has 0 bridgehead atoms. The summed E-state index contributed by atoms with van der Waals surface area (Å²) in [5.41, 5.74) is 0. The summed E-state index contributed by atoms with van der Waals surface area (Å²) in [7, 11) is 0. The fraction of sp³-hybridized carbons (Fsp3) is 1.00. The van der Waals surface area contributed by atoms with Crippen molar-refractivity contribution in [2.24, 2.45) is 0 Å². The second-order valence-corrected chi connectivity index (χ2v) is 5.24. The van der Waals surface area contributed by atoms with E-state index in [-0.39, 0.29) is 0 Å². The van der Waals surface area contributed by atoms with E-state index in [1.165, 1.54) is 0 Å². The molecule has 130 valence electrons. The standard InChI is InChI=1S/C11H20O11/c12-1-3-5(14)6(15)7(16)10(20-3)21-8-4(2-13)22-11(18,19)9(8)17/h3-10,12-19H,1-2H2/t3?,4-,5-,6?,7?,8?,9?,10+/m1/s1. The van der Waals surface area contributed by atoms with Crippen LogP contribution in [0.3, 0.4) is 0 Å². The summed E-state index contributed by atoms with van der Waals surface area (Å²) >= 11 is 0. The van der Waals surface area contributed by atoms with Crippen molar-refractivity contribution in [3.8, 4) is 0 Å². The summed E-state index contributed by atoms with van der Waals surface area (Å²) in [4.78, 5) is 0. The predicted octanol–water partition coefficient (Wildman–Crippen LogP) is -5.44. The summed E-state index contributed by atoms with van der Waals surface area (Å²) in [5, 5.41) is 75.7. The monoisotopic (exact) mass is 328 g/mol. The Balaban J connectivity index is 2.11. The Morgan fingerprint density at radius 3 is 2.00 bits per heavy atom. The second kappa shape index (κ2) is 6.59. The summed E-state index contributed by atoms with van der Waals surface area (Å²) in [6.07, 6.45) is -12.7. The van der Waals surface area contributed by atoms with Crippen LogP contribution in [0.15, 0.2) is 0 Å². The van der Waals surface area contributed by atoms with Gasteiger partial charge in [-0.2, -0.15) is 0 Å². The van der Waals surface area contributed by atoms with E-state index < -0.39 is 68.2 Å². The number of aliphatic hydroxyl groups excluding tert-OH is 6. The van der Waals surface area contributed by atoms with Crippen molar-refractivity contribution in [1.82, 2.24) is 0 Å². The molecule has 2 heterocycles. The third kappa shape index (κ3) is 3.11. The molecule has 5 unspecified atom stereocenters. The average Bonchev–Trinajstić information content (AvgIpc) is 2.70. The van der Waals surface area contributed by atoms with E-state index in [1.807, 2.05) is 0 Å². The zero-order valence-electron chi connectivity index (χ0n) is 11.3. The molecule has 2 aliphatic heterocycles. The molecule has 8 N–H and O–H groups in total. The topological polar surface area (TPSA) is 190 Å². The van der Waals surface area contributed by atoms with Crippen molar-refractivity contribution in [3.63, 3.8) is 0 Å². The van der Waals surface area contributed by atoms with Crippen molar-refractivity contribution in [2.45, 2.75) is 55.0 Å². The van der Waals surface area contributed by atoms with Gasteiger partial charge in [-0.3, -0.25) is 0 Å². The molecule has 0 aliphatic carbocycles. The third-order valence-electron chi connectivity index (χ3n) is 3.71. The molecular formula is C11H20O11. The number of hydrogen-bond acceptors (Lipinski definition) is 11.